The molecule has 2 rings (SSSR count). The Morgan fingerprint density at radius 2 is 2.33 bits per heavy atom. The van der Waals surface area contributed by atoms with Gasteiger partial charge < -0.3 is 20.2 Å². The summed E-state index contributed by atoms with van der Waals surface area (Å²) in [6, 6.07) is 4.99. The van der Waals surface area contributed by atoms with E-state index in [1.165, 1.54) is 7.11 Å². The third-order valence-corrected chi connectivity index (χ3v) is 3.50. The Kier molecular flexibility index (Phi) is 5.43. The lowest BCUT2D eigenvalue weighted by Gasteiger charge is -2.07. The maximum atomic E-state index is 11.8. The van der Waals surface area contributed by atoms with E-state index in [2.05, 4.69) is 15.5 Å². The molecule has 0 spiro atoms. The van der Waals surface area contributed by atoms with Gasteiger partial charge in [-0.25, -0.2) is 0 Å². The lowest BCUT2D eigenvalue weighted by atomic mass is 10.3. The molecule has 112 valence electrons. The van der Waals surface area contributed by atoms with Crippen molar-refractivity contribution < 1.29 is 13.9 Å². The van der Waals surface area contributed by atoms with E-state index < -0.39 is 0 Å². The Labute approximate surface area is 130 Å². The molecule has 0 aliphatic carbocycles. The molecule has 1 amide bonds. The van der Waals surface area contributed by atoms with Crippen molar-refractivity contribution in [2.24, 2.45) is 5.73 Å². The number of benzene rings is 1. The summed E-state index contributed by atoms with van der Waals surface area (Å²) in [5.41, 5.74) is 5.93. The Bertz CT molecular complexity index is 635. The molecule has 0 fully saturated rings. The first-order valence-corrected chi connectivity index (χ1v) is 7.27. The summed E-state index contributed by atoms with van der Waals surface area (Å²) in [7, 11) is 1.52. The molecular formula is C12H13ClN4O3S. The molecule has 2 aromatic rings. The van der Waals surface area contributed by atoms with E-state index in [1.807, 2.05) is 0 Å². The molecule has 1 aromatic carbocycles. The molecule has 1 heterocycles. The van der Waals surface area contributed by atoms with E-state index in [9.17, 15) is 4.79 Å². The highest BCUT2D eigenvalue weighted by Crippen LogP contribution is 2.27. The first kappa shape index (κ1) is 15.6. The number of nitrogens with one attached hydrogen (secondary N) is 1. The van der Waals surface area contributed by atoms with E-state index in [0.717, 1.165) is 11.8 Å². The van der Waals surface area contributed by atoms with Gasteiger partial charge in [0.05, 0.1) is 24.4 Å². The minimum atomic E-state index is -0.214. The van der Waals surface area contributed by atoms with Crippen LogP contribution in [0.2, 0.25) is 5.02 Å². The topological polar surface area (TPSA) is 103 Å². The van der Waals surface area contributed by atoms with E-state index in [4.69, 9.17) is 26.5 Å². The Balaban J connectivity index is 1.88. The zero-order chi connectivity index (χ0) is 15.2. The third kappa shape index (κ3) is 4.35. The largest absolute Gasteiger partial charge is 0.495 e. The third-order valence-electron chi connectivity index (χ3n) is 2.39. The van der Waals surface area contributed by atoms with Crippen molar-refractivity contribution in [3.63, 3.8) is 0 Å². The maximum absolute atomic E-state index is 11.8. The molecule has 0 saturated carbocycles. The summed E-state index contributed by atoms with van der Waals surface area (Å²) in [5.74, 6) is 0.799. The summed E-state index contributed by atoms with van der Waals surface area (Å²) in [5, 5.41) is 10.9. The van der Waals surface area contributed by atoms with Crippen LogP contribution in [0.3, 0.4) is 0 Å². The lowest BCUT2D eigenvalue weighted by molar-refractivity contribution is -0.113. The Hall–Kier alpha value is -1.77. The number of halogens is 1. The van der Waals surface area contributed by atoms with Crippen LogP contribution in [-0.4, -0.2) is 29.0 Å². The van der Waals surface area contributed by atoms with Crippen molar-refractivity contribution in [2.45, 2.75) is 11.8 Å². The number of nitrogens with two attached hydrogens (primary N) is 1. The maximum Gasteiger partial charge on any atom is 0.277 e. The number of amides is 1. The number of carbonyl (C=O) groups is 1. The van der Waals surface area contributed by atoms with Crippen LogP contribution in [0.1, 0.15) is 5.89 Å². The van der Waals surface area contributed by atoms with Crippen LogP contribution < -0.4 is 15.8 Å². The first-order valence-electron chi connectivity index (χ1n) is 5.91. The van der Waals surface area contributed by atoms with Gasteiger partial charge in [0, 0.05) is 5.69 Å². The minimum absolute atomic E-state index is 0.135. The number of carbonyl (C=O) groups excluding carboxylic acids is 1. The molecule has 0 atom stereocenters. The molecule has 0 radical (unpaired) electrons. The van der Waals surface area contributed by atoms with Gasteiger partial charge in [0.15, 0.2) is 0 Å². The molecular weight excluding hydrogens is 316 g/mol. The average Bonchev–Trinajstić information content (AvgIpc) is 2.93. The highest BCUT2D eigenvalue weighted by atomic mass is 35.5. The van der Waals surface area contributed by atoms with Crippen LogP contribution in [0, 0.1) is 0 Å². The summed E-state index contributed by atoms with van der Waals surface area (Å²) >= 11 is 7.11. The summed E-state index contributed by atoms with van der Waals surface area (Å²) < 4.78 is 10.2. The van der Waals surface area contributed by atoms with Crippen molar-refractivity contribution in [3.05, 3.63) is 29.1 Å². The normalized spacial score (nSPS) is 10.4. The SMILES string of the molecule is COc1ccc(NC(=O)CSc2nnc(CN)o2)cc1Cl. The van der Waals surface area contributed by atoms with Gasteiger partial charge in [-0.05, 0) is 18.2 Å². The van der Waals surface area contributed by atoms with E-state index in [0.29, 0.717) is 27.6 Å². The monoisotopic (exact) mass is 328 g/mol. The van der Waals surface area contributed by atoms with E-state index >= 15 is 0 Å². The van der Waals surface area contributed by atoms with Gasteiger partial charge in [-0.15, -0.1) is 10.2 Å². The predicted molar refractivity (Wildman–Crippen MR) is 79.5 cm³/mol. The van der Waals surface area contributed by atoms with Gasteiger partial charge in [-0.2, -0.15) is 0 Å². The van der Waals surface area contributed by atoms with Crippen LogP contribution in [0.5, 0.6) is 5.75 Å². The number of aromatic nitrogens is 2. The van der Waals surface area contributed by atoms with Gasteiger partial charge in [0.2, 0.25) is 11.8 Å². The Morgan fingerprint density at radius 1 is 1.52 bits per heavy atom. The molecule has 7 nitrogen and oxygen atoms in total. The smallest absolute Gasteiger partial charge is 0.277 e. The number of methoxy groups -OCH3 is 1. The second kappa shape index (κ2) is 7.30. The zero-order valence-electron chi connectivity index (χ0n) is 11.1. The molecule has 9 heteroatoms. The summed E-state index contributed by atoms with van der Waals surface area (Å²) in [4.78, 5) is 11.8. The second-order valence-electron chi connectivity index (χ2n) is 3.85. The molecule has 0 saturated heterocycles. The predicted octanol–water partition coefficient (Wildman–Crippen LogP) is 1.92. The Morgan fingerprint density at radius 3 is 2.95 bits per heavy atom. The lowest BCUT2D eigenvalue weighted by Crippen LogP contribution is -2.14. The van der Waals surface area contributed by atoms with Crippen LogP contribution in [0.25, 0.3) is 0 Å². The highest BCUT2D eigenvalue weighted by Gasteiger charge is 2.10. The van der Waals surface area contributed by atoms with Crippen molar-refractivity contribution in [3.8, 4) is 5.75 Å². The minimum Gasteiger partial charge on any atom is -0.495 e. The molecule has 21 heavy (non-hydrogen) atoms. The molecule has 0 aliphatic rings. The second-order valence-corrected chi connectivity index (χ2v) is 5.19. The van der Waals surface area contributed by atoms with Gasteiger partial charge in [-0.1, -0.05) is 23.4 Å². The molecule has 1 aromatic heterocycles. The van der Waals surface area contributed by atoms with Gasteiger partial charge in [0.1, 0.15) is 5.75 Å². The molecule has 3 N–H and O–H groups in total. The summed E-state index contributed by atoms with van der Waals surface area (Å²) in [6.07, 6.45) is 0. The number of thioether (sulfide) groups is 1. The fraction of sp³-hybridized carbons (Fsp3) is 0.250. The van der Waals surface area contributed by atoms with Gasteiger partial charge >= 0.3 is 0 Å². The number of hydrogen-bond acceptors (Lipinski definition) is 7. The zero-order valence-corrected chi connectivity index (χ0v) is 12.7. The van der Waals surface area contributed by atoms with Crippen molar-refractivity contribution in [1.29, 1.82) is 0 Å². The standard InChI is InChI=1S/C12H13ClN4O3S/c1-19-9-3-2-7(4-8(9)13)15-10(18)6-21-12-17-16-11(5-14)20-12/h2-4H,5-6,14H2,1H3,(H,15,18). The van der Waals surface area contributed by atoms with E-state index in [-0.39, 0.29) is 18.2 Å². The first-order chi connectivity index (χ1) is 10.1. The van der Waals surface area contributed by atoms with E-state index in [1.54, 1.807) is 18.2 Å². The number of hydrogen-bond donors (Lipinski definition) is 2. The molecule has 0 bridgehead atoms. The average molecular weight is 329 g/mol. The van der Waals surface area contributed by atoms with Crippen LogP contribution >= 0.6 is 23.4 Å². The highest BCUT2D eigenvalue weighted by molar-refractivity contribution is 7.99. The van der Waals surface area contributed by atoms with Crippen LogP contribution in [0.4, 0.5) is 5.69 Å². The number of ether oxygens (including phenoxy) is 1. The fourth-order valence-electron chi connectivity index (χ4n) is 1.45. The van der Waals surface area contributed by atoms with Gasteiger partial charge in [-0.3, -0.25) is 4.79 Å². The van der Waals surface area contributed by atoms with Crippen molar-refractivity contribution in [2.75, 3.05) is 18.2 Å². The molecule has 0 unspecified atom stereocenters. The van der Waals surface area contributed by atoms with Crippen LogP contribution in [-0.2, 0) is 11.3 Å². The fourth-order valence-corrected chi connectivity index (χ4v) is 2.29. The van der Waals surface area contributed by atoms with Crippen molar-refractivity contribution >= 4 is 35.0 Å². The number of anilines is 1. The van der Waals surface area contributed by atoms with Crippen LogP contribution in [0.15, 0.2) is 27.8 Å². The summed E-state index contributed by atoms with van der Waals surface area (Å²) in [6.45, 7) is 0.171. The van der Waals surface area contributed by atoms with Crippen molar-refractivity contribution in [1.82, 2.24) is 10.2 Å². The molecule has 0 aliphatic heterocycles. The number of nitrogens with zero attached hydrogens (tertiary/aromatic N) is 2. The quantitative estimate of drug-likeness (QED) is 0.781. The van der Waals surface area contributed by atoms with Gasteiger partial charge in [0.25, 0.3) is 5.22 Å². The number of rotatable bonds is 6.